The van der Waals surface area contributed by atoms with Crippen LogP contribution in [-0.2, 0) is 6.42 Å². The number of halogens is 1. The van der Waals surface area contributed by atoms with Crippen molar-refractivity contribution in [3.05, 3.63) is 101 Å². The third kappa shape index (κ3) is 6.44. The predicted molar refractivity (Wildman–Crippen MR) is 141 cm³/mol. The highest BCUT2D eigenvalue weighted by Crippen LogP contribution is 2.29. The van der Waals surface area contributed by atoms with Gasteiger partial charge in [-0.15, -0.1) is 0 Å². The van der Waals surface area contributed by atoms with Gasteiger partial charge in [0.2, 0.25) is 0 Å². The lowest BCUT2D eigenvalue weighted by atomic mass is 10.1. The van der Waals surface area contributed by atoms with Gasteiger partial charge in [0.25, 0.3) is 0 Å². The van der Waals surface area contributed by atoms with Gasteiger partial charge in [-0.2, -0.15) is 5.26 Å². The molecule has 0 fully saturated rings. The van der Waals surface area contributed by atoms with Crippen LogP contribution in [0.25, 0.3) is 10.9 Å². The van der Waals surface area contributed by atoms with Crippen LogP contribution in [0.5, 0.6) is 11.5 Å². The van der Waals surface area contributed by atoms with Crippen molar-refractivity contribution in [2.75, 3.05) is 30.9 Å². The van der Waals surface area contributed by atoms with Crippen molar-refractivity contribution in [3.8, 4) is 17.6 Å². The van der Waals surface area contributed by atoms with Crippen LogP contribution in [0.1, 0.15) is 5.56 Å². The normalized spacial score (nSPS) is 11.1. The third-order valence-corrected chi connectivity index (χ3v) is 5.57. The van der Waals surface area contributed by atoms with Gasteiger partial charge in [0.05, 0.1) is 18.7 Å². The maximum absolute atomic E-state index is 9.53. The molecule has 176 valence electrons. The standard InChI is InChI=1S/C28H25ClN4O2/c1-34-28-16-20(15-21(18-30)19-33-23-5-3-2-4-6-23)7-10-27(28)35-14-13-32-25-11-12-31-26-17-22(29)8-9-24(25)26/h2-12,16-17,19,33H,13-15H2,1H3,(H,31,32). The van der Waals surface area contributed by atoms with E-state index in [0.717, 1.165) is 27.8 Å². The lowest BCUT2D eigenvalue weighted by molar-refractivity contribution is 0.305. The van der Waals surface area contributed by atoms with Crippen LogP contribution in [0.3, 0.4) is 0 Å². The number of benzene rings is 3. The number of para-hydroxylation sites is 1. The molecule has 3 aromatic carbocycles. The molecule has 0 saturated carbocycles. The molecule has 0 atom stereocenters. The number of anilines is 2. The Labute approximate surface area is 209 Å². The molecule has 4 aromatic rings. The largest absolute Gasteiger partial charge is 0.493 e. The molecule has 0 spiro atoms. The van der Waals surface area contributed by atoms with Crippen LogP contribution >= 0.6 is 11.6 Å². The average Bonchev–Trinajstić information content (AvgIpc) is 2.89. The van der Waals surface area contributed by atoms with Crippen LogP contribution in [0.15, 0.2) is 90.8 Å². The SMILES string of the molecule is COc1cc(CC(C#N)=CNc2ccccc2)ccc1OCCNc1ccnc2cc(Cl)ccc12. The van der Waals surface area contributed by atoms with Crippen molar-refractivity contribution in [2.24, 2.45) is 0 Å². The summed E-state index contributed by atoms with van der Waals surface area (Å²) >= 11 is 6.07. The monoisotopic (exact) mass is 484 g/mol. The molecule has 1 aromatic heterocycles. The molecule has 0 saturated heterocycles. The molecule has 6 nitrogen and oxygen atoms in total. The summed E-state index contributed by atoms with van der Waals surface area (Å²) in [6, 6.07) is 25.3. The quantitative estimate of drug-likeness (QED) is 0.199. The zero-order valence-electron chi connectivity index (χ0n) is 19.3. The number of allylic oxidation sites excluding steroid dienone is 1. The molecule has 4 rings (SSSR count). The van der Waals surface area contributed by atoms with Crippen molar-refractivity contribution in [2.45, 2.75) is 6.42 Å². The highest BCUT2D eigenvalue weighted by Gasteiger charge is 2.08. The molecule has 0 radical (unpaired) electrons. The van der Waals surface area contributed by atoms with Crippen LogP contribution in [0, 0.1) is 11.3 Å². The van der Waals surface area contributed by atoms with E-state index in [4.69, 9.17) is 21.1 Å². The Bertz CT molecular complexity index is 1370. The van der Waals surface area contributed by atoms with E-state index in [2.05, 4.69) is 21.7 Å². The van der Waals surface area contributed by atoms with Gasteiger partial charge >= 0.3 is 0 Å². The van der Waals surface area contributed by atoms with Gasteiger partial charge in [-0.05, 0) is 54.1 Å². The summed E-state index contributed by atoms with van der Waals surface area (Å²) in [6.45, 7) is 1.04. The fourth-order valence-corrected chi connectivity index (χ4v) is 3.78. The number of nitriles is 1. The number of methoxy groups -OCH3 is 1. The van der Waals surface area contributed by atoms with Crippen LogP contribution in [0.2, 0.25) is 5.02 Å². The smallest absolute Gasteiger partial charge is 0.161 e. The lowest BCUT2D eigenvalue weighted by Gasteiger charge is -2.14. The molecule has 0 aliphatic heterocycles. The second kappa shape index (κ2) is 11.8. The van der Waals surface area contributed by atoms with E-state index in [9.17, 15) is 5.26 Å². The van der Waals surface area contributed by atoms with Crippen LogP contribution in [0.4, 0.5) is 11.4 Å². The number of ether oxygens (including phenoxy) is 2. The Morgan fingerprint density at radius 1 is 1.06 bits per heavy atom. The van der Waals surface area contributed by atoms with Gasteiger partial charge in [0, 0.05) is 52.7 Å². The topological polar surface area (TPSA) is 79.2 Å². The molecule has 0 aliphatic carbocycles. The van der Waals surface area contributed by atoms with E-state index in [0.29, 0.717) is 41.7 Å². The molecular weight excluding hydrogens is 460 g/mol. The van der Waals surface area contributed by atoms with Gasteiger partial charge < -0.3 is 20.1 Å². The molecule has 2 N–H and O–H groups in total. The summed E-state index contributed by atoms with van der Waals surface area (Å²) in [5.41, 5.74) is 4.30. The molecule has 1 heterocycles. The first-order valence-corrected chi connectivity index (χ1v) is 11.5. The first-order valence-electron chi connectivity index (χ1n) is 11.1. The number of hydrogen-bond acceptors (Lipinski definition) is 6. The minimum atomic E-state index is 0.442. The second-order valence-electron chi connectivity index (χ2n) is 7.75. The van der Waals surface area contributed by atoms with Crippen LogP contribution in [-0.4, -0.2) is 25.2 Å². The molecule has 0 unspecified atom stereocenters. The van der Waals surface area contributed by atoms with Crippen molar-refractivity contribution in [3.63, 3.8) is 0 Å². The van der Waals surface area contributed by atoms with Gasteiger partial charge in [0.1, 0.15) is 6.61 Å². The van der Waals surface area contributed by atoms with E-state index in [1.807, 2.05) is 72.8 Å². The number of pyridine rings is 1. The second-order valence-corrected chi connectivity index (χ2v) is 8.19. The van der Waals surface area contributed by atoms with E-state index < -0.39 is 0 Å². The first-order chi connectivity index (χ1) is 17.2. The molecular formula is C28H25ClN4O2. The number of aromatic nitrogens is 1. The predicted octanol–water partition coefficient (Wildman–Crippen LogP) is 6.45. The zero-order valence-corrected chi connectivity index (χ0v) is 20.0. The lowest BCUT2D eigenvalue weighted by Crippen LogP contribution is -2.12. The summed E-state index contributed by atoms with van der Waals surface area (Å²) in [7, 11) is 1.61. The maximum Gasteiger partial charge on any atom is 0.161 e. The maximum atomic E-state index is 9.53. The fraction of sp³-hybridized carbons (Fsp3) is 0.143. The number of hydrogen-bond donors (Lipinski definition) is 2. The van der Waals surface area contributed by atoms with Gasteiger partial charge in [-0.1, -0.05) is 35.9 Å². The Morgan fingerprint density at radius 3 is 2.71 bits per heavy atom. The summed E-state index contributed by atoms with van der Waals surface area (Å²) in [5, 5.41) is 17.7. The summed E-state index contributed by atoms with van der Waals surface area (Å²) < 4.78 is 11.5. The highest BCUT2D eigenvalue weighted by molar-refractivity contribution is 6.31. The highest BCUT2D eigenvalue weighted by atomic mass is 35.5. The Kier molecular flexibility index (Phi) is 8.05. The minimum Gasteiger partial charge on any atom is -0.493 e. The number of fused-ring (bicyclic) bond motifs is 1. The molecule has 0 bridgehead atoms. The van der Waals surface area contributed by atoms with Crippen LogP contribution < -0.4 is 20.1 Å². The molecule has 0 aliphatic rings. The van der Waals surface area contributed by atoms with E-state index in [1.54, 1.807) is 19.5 Å². The summed E-state index contributed by atoms with van der Waals surface area (Å²) in [6.07, 6.45) is 3.96. The molecule has 0 amide bonds. The van der Waals surface area contributed by atoms with E-state index >= 15 is 0 Å². The van der Waals surface area contributed by atoms with Gasteiger partial charge in [-0.25, -0.2) is 0 Å². The van der Waals surface area contributed by atoms with E-state index in [-0.39, 0.29) is 0 Å². The first kappa shape index (κ1) is 23.9. The number of nitrogens with one attached hydrogen (secondary N) is 2. The molecule has 7 heteroatoms. The van der Waals surface area contributed by atoms with Gasteiger partial charge in [-0.3, -0.25) is 4.98 Å². The van der Waals surface area contributed by atoms with Crippen molar-refractivity contribution in [1.29, 1.82) is 5.26 Å². The average molecular weight is 485 g/mol. The Morgan fingerprint density at radius 2 is 1.91 bits per heavy atom. The number of rotatable bonds is 10. The Hall–Kier alpha value is -4.21. The number of nitrogens with zero attached hydrogens (tertiary/aromatic N) is 2. The van der Waals surface area contributed by atoms with E-state index in [1.165, 1.54) is 0 Å². The van der Waals surface area contributed by atoms with Gasteiger partial charge in [0.15, 0.2) is 11.5 Å². The van der Waals surface area contributed by atoms with Crippen molar-refractivity contribution >= 4 is 33.9 Å². The Balaban J connectivity index is 1.35. The fourth-order valence-electron chi connectivity index (χ4n) is 3.61. The molecule has 35 heavy (non-hydrogen) atoms. The zero-order chi connectivity index (χ0) is 24.5. The minimum absolute atomic E-state index is 0.442. The van der Waals surface area contributed by atoms with Crippen molar-refractivity contribution < 1.29 is 9.47 Å². The van der Waals surface area contributed by atoms with Crippen molar-refractivity contribution in [1.82, 2.24) is 4.98 Å². The summed E-state index contributed by atoms with van der Waals surface area (Å²) in [5.74, 6) is 1.27. The third-order valence-electron chi connectivity index (χ3n) is 5.33. The summed E-state index contributed by atoms with van der Waals surface area (Å²) in [4.78, 5) is 4.36.